The molecule has 1 aromatic heterocycles. The molecule has 0 bridgehead atoms. The number of halogens is 2. The Morgan fingerprint density at radius 2 is 1.83 bits per heavy atom. The smallest absolute Gasteiger partial charge is 0.351 e. The fraction of sp³-hybridized carbons (Fsp3) is 0.111. The molecule has 1 heterocycles. The van der Waals surface area contributed by atoms with Crippen LogP contribution >= 0.6 is 31.9 Å². The quantitative estimate of drug-likeness (QED) is 0.307. The molecule has 0 unspecified atom stereocenters. The third-order valence-corrected chi connectivity index (χ3v) is 4.56. The molecule has 3 rings (SSSR count). The van der Waals surface area contributed by atoms with Crippen LogP contribution in [0.2, 0.25) is 0 Å². The number of rotatable bonds is 2. The molecule has 0 aliphatic carbocycles. The number of esters is 1. The van der Waals surface area contributed by atoms with Gasteiger partial charge in [-0.05, 0) is 65.2 Å². The standard InChI is InChI=1S/C18H12Br2O4/c1-9-3-4-10(2)15(5-9)23-17(21)13-7-11-6-12(19)8-14(20)16(11)24-18(13)22/h3-8H,1-2H3. The number of carbonyl (C=O) groups is 1. The van der Waals surface area contributed by atoms with Crippen molar-refractivity contribution in [3.05, 3.63) is 72.5 Å². The Balaban J connectivity index is 2.05. The van der Waals surface area contributed by atoms with Gasteiger partial charge in [0.05, 0.1) is 4.47 Å². The van der Waals surface area contributed by atoms with Gasteiger partial charge in [0, 0.05) is 9.86 Å². The minimum Gasteiger partial charge on any atom is -0.422 e. The van der Waals surface area contributed by atoms with Crippen LogP contribution in [0.25, 0.3) is 11.0 Å². The van der Waals surface area contributed by atoms with Gasteiger partial charge in [-0.1, -0.05) is 28.1 Å². The average molecular weight is 452 g/mol. The molecule has 122 valence electrons. The molecule has 0 saturated heterocycles. The summed E-state index contributed by atoms with van der Waals surface area (Å²) in [5.41, 5.74) is 1.27. The zero-order chi connectivity index (χ0) is 17.4. The van der Waals surface area contributed by atoms with Gasteiger partial charge in [-0.15, -0.1) is 0 Å². The number of benzene rings is 2. The molecular weight excluding hydrogens is 440 g/mol. The third-order valence-electron chi connectivity index (χ3n) is 3.52. The van der Waals surface area contributed by atoms with Crippen LogP contribution in [0.5, 0.6) is 5.75 Å². The second-order valence-corrected chi connectivity index (χ2v) is 7.18. The van der Waals surface area contributed by atoms with E-state index in [1.807, 2.05) is 26.0 Å². The first-order chi connectivity index (χ1) is 11.3. The van der Waals surface area contributed by atoms with Gasteiger partial charge in [0.1, 0.15) is 11.3 Å². The van der Waals surface area contributed by atoms with Crippen molar-refractivity contribution in [2.45, 2.75) is 13.8 Å². The second-order valence-electron chi connectivity index (χ2n) is 5.41. The summed E-state index contributed by atoms with van der Waals surface area (Å²) in [6.45, 7) is 3.73. The summed E-state index contributed by atoms with van der Waals surface area (Å²) in [4.78, 5) is 24.6. The van der Waals surface area contributed by atoms with Crippen molar-refractivity contribution in [2.24, 2.45) is 0 Å². The summed E-state index contributed by atoms with van der Waals surface area (Å²) in [5.74, 6) is -0.314. The van der Waals surface area contributed by atoms with Crippen molar-refractivity contribution in [1.82, 2.24) is 0 Å². The summed E-state index contributed by atoms with van der Waals surface area (Å²) in [6.07, 6.45) is 0. The van der Waals surface area contributed by atoms with Crippen LogP contribution < -0.4 is 10.4 Å². The predicted octanol–water partition coefficient (Wildman–Crippen LogP) is 5.15. The van der Waals surface area contributed by atoms with E-state index in [4.69, 9.17) is 9.15 Å². The van der Waals surface area contributed by atoms with E-state index in [9.17, 15) is 9.59 Å². The van der Waals surface area contributed by atoms with E-state index in [1.165, 1.54) is 6.07 Å². The van der Waals surface area contributed by atoms with E-state index in [1.54, 1.807) is 18.2 Å². The maximum Gasteiger partial charge on any atom is 0.351 e. The van der Waals surface area contributed by atoms with E-state index in [0.717, 1.165) is 15.6 Å². The number of carbonyl (C=O) groups excluding carboxylic acids is 1. The maximum absolute atomic E-state index is 12.4. The lowest BCUT2D eigenvalue weighted by Gasteiger charge is -2.08. The van der Waals surface area contributed by atoms with Crippen molar-refractivity contribution >= 4 is 48.8 Å². The molecule has 24 heavy (non-hydrogen) atoms. The van der Waals surface area contributed by atoms with Gasteiger partial charge < -0.3 is 9.15 Å². The molecular formula is C18H12Br2O4. The molecule has 6 heteroatoms. The predicted molar refractivity (Wildman–Crippen MR) is 98.8 cm³/mol. The summed E-state index contributed by atoms with van der Waals surface area (Å²) in [5, 5.41) is 0.615. The zero-order valence-corrected chi connectivity index (χ0v) is 16.0. The van der Waals surface area contributed by atoms with Gasteiger partial charge in [0.25, 0.3) is 0 Å². The van der Waals surface area contributed by atoms with Gasteiger partial charge in [0.2, 0.25) is 0 Å². The number of ether oxygens (including phenoxy) is 1. The Hall–Kier alpha value is -1.92. The Bertz CT molecular complexity index is 1020. The molecule has 0 radical (unpaired) electrons. The Labute approximate surface area is 154 Å². The van der Waals surface area contributed by atoms with Gasteiger partial charge in [-0.2, -0.15) is 0 Å². The van der Waals surface area contributed by atoms with E-state index in [2.05, 4.69) is 31.9 Å². The minimum absolute atomic E-state index is 0.145. The molecule has 0 N–H and O–H groups in total. The lowest BCUT2D eigenvalue weighted by molar-refractivity contribution is 0.0729. The van der Waals surface area contributed by atoms with Gasteiger partial charge in [0.15, 0.2) is 5.58 Å². The molecule has 0 fully saturated rings. The lowest BCUT2D eigenvalue weighted by atomic mass is 10.1. The van der Waals surface area contributed by atoms with Gasteiger partial charge in [-0.25, -0.2) is 9.59 Å². The Morgan fingerprint density at radius 1 is 1.08 bits per heavy atom. The largest absolute Gasteiger partial charge is 0.422 e. The Morgan fingerprint density at radius 3 is 2.58 bits per heavy atom. The van der Waals surface area contributed by atoms with E-state index >= 15 is 0 Å². The highest BCUT2D eigenvalue weighted by atomic mass is 79.9. The molecule has 3 aromatic rings. The topological polar surface area (TPSA) is 56.5 Å². The summed E-state index contributed by atoms with van der Waals surface area (Å²) in [7, 11) is 0. The number of hydrogen-bond acceptors (Lipinski definition) is 4. The molecule has 2 aromatic carbocycles. The highest BCUT2D eigenvalue weighted by molar-refractivity contribution is 9.11. The van der Waals surface area contributed by atoms with Crippen LogP contribution in [-0.2, 0) is 0 Å². The monoisotopic (exact) mass is 450 g/mol. The van der Waals surface area contributed by atoms with Crippen molar-refractivity contribution in [3.63, 3.8) is 0 Å². The van der Waals surface area contributed by atoms with Crippen molar-refractivity contribution in [3.8, 4) is 5.75 Å². The summed E-state index contributed by atoms with van der Waals surface area (Å²) < 4.78 is 12.1. The first kappa shape index (κ1) is 16.9. The molecule has 0 saturated carbocycles. The summed E-state index contributed by atoms with van der Waals surface area (Å²) >= 11 is 6.70. The molecule has 0 atom stereocenters. The third kappa shape index (κ3) is 3.30. The van der Waals surface area contributed by atoms with E-state index < -0.39 is 11.6 Å². The van der Waals surface area contributed by atoms with Crippen LogP contribution in [0.4, 0.5) is 0 Å². The molecule has 0 amide bonds. The van der Waals surface area contributed by atoms with Crippen molar-refractivity contribution in [2.75, 3.05) is 0 Å². The highest BCUT2D eigenvalue weighted by Gasteiger charge is 2.18. The lowest BCUT2D eigenvalue weighted by Crippen LogP contribution is -2.19. The Kier molecular flexibility index (Phi) is 4.60. The molecule has 4 nitrogen and oxygen atoms in total. The fourth-order valence-corrected chi connectivity index (χ4v) is 3.61. The normalized spacial score (nSPS) is 10.8. The first-order valence-electron chi connectivity index (χ1n) is 7.07. The average Bonchev–Trinajstić information content (AvgIpc) is 2.51. The van der Waals surface area contributed by atoms with E-state index in [0.29, 0.717) is 21.2 Å². The number of aryl methyl sites for hydroxylation is 2. The van der Waals surface area contributed by atoms with Gasteiger partial charge in [-0.3, -0.25) is 0 Å². The SMILES string of the molecule is Cc1ccc(C)c(OC(=O)c2cc3cc(Br)cc(Br)c3oc2=O)c1. The fourth-order valence-electron chi connectivity index (χ4n) is 2.27. The second kappa shape index (κ2) is 6.53. The minimum atomic E-state index is -0.740. The first-order valence-corrected chi connectivity index (χ1v) is 8.66. The zero-order valence-electron chi connectivity index (χ0n) is 12.9. The van der Waals surface area contributed by atoms with Crippen LogP contribution in [0, 0.1) is 13.8 Å². The van der Waals surface area contributed by atoms with Crippen LogP contribution in [-0.4, -0.2) is 5.97 Å². The highest BCUT2D eigenvalue weighted by Crippen LogP contribution is 2.28. The van der Waals surface area contributed by atoms with Gasteiger partial charge >= 0.3 is 11.6 Å². The maximum atomic E-state index is 12.4. The number of fused-ring (bicyclic) bond motifs is 1. The molecule has 0 aliphatic heterocycles. The van der Waals surface area contributed by atoms with Crippen molar-refractivity contribution < 1.29 is 13.9 Å². The summed E-state index contributed by atoms with van der Waals surface area (Å²) in [6, 6.07) is 10.5. The van der Waals surface area contributed by atoms with E-state index in [-0.39, 0.29) is 5.56 Å². The number of hydrogen-bond donors (Lipinski definition) is 0. The van der Waals surface area contributed by atoms with Crippen molar-refractivity contribution in [1.29, 1.82) is 0 Å². The van der Waals surface area contributed by atoms with Crippen LogP contribution in [0.15, 0.2) is 54.6 Å². The molecule has 0 spiro atoms. The van der Waals surface area contributed by atoms with Crippen LogP contribution in [0.1, 0.15) is 21.5 Å². The molecule has 0 aliphatic rings. The van der Waals surface area contributed by atoms with Crippen LogP contribution in [0.3, 0.4) is 0 Å².